The van der Waals surface area contributed by atoms with Gasteiger partial charge in [-0.1, -0.05) is 18.7 Å². The van der Waals surface area contributed by atoms with Gasteiger partial charge in [0, 0.05) is 18.5 Å². The van der Waals surface area contributed by atoms with Crippen LogP contribution in [0.5, 0.6) is 0 Å². The Morgan fingerprint density at radius 1 is 1.24 bits per heavy atom. The van der Waals surface area contributed by atoms with E-state index in [1.807, 2.05) is 5.32 Å². The third kappa shape index (κ3) is 4.69. The highest BCUT2D eigenvalue weighted by Crippen LogP contribution is 2.27. The fourth-order valence-corrected chi connectivity index (χ4v) is 1.99. The first-order chi connectivity index (χ1) is 11.7. The average molecular weight is 354 g/mol. The van der Waals surface area contributed by atoms with Gasteiger partial charge in [-0.15, -0.1) is 0 Å². The molecule has 0 radical (unpaired) electrons. The molecule has 5 nitrogen and oxygen atoms in total. The lowest BCUT2D eigenvalue weighted by molar-refractivity contribution is -0.117. The van der Waals surface area contributed by atoms with Crippen molar-refractivity contribution >= 4 is 12.1 Å². The number of halogens is 4. The van der Waals surface area contributed by atoms with Gasteiger partial charge in [0.15, 0.2) is 0 Å². The van der Waals surface area contributed by atoms with Crippen LogP contribution in [0.2, 0.25) is 0 Å². The number of amides is 1. The van der Waals surface area contributed by atoms with Crippen LogP contribution in [0.3, 0.4) is 0 Å². The second-order valence-electron chi connectivity index (χ2n) is 5.07. The van der Waals surface area contributed by atoms with Crippen LogP contribution < -0.4 is 16.0 Å². The van der Waals surface area contributed by atoms with E-state index in [-0.39, 0.29) is 23.6 Å². The molecule has 1 aliphatic rings. The van der Waals surface area contributed by atoms with E-state index in [9.17, 15) is 22.4 Å². The van der Waals surface area contributed by atoms with E-state index in [4.69, 9.17) is 5.41 Å². The van der Waals surface area contributed by atoms with E-state index in [1.165, 1.54) is 24.3 Å². The summed E-state index contributed by atoms with van der Waals surface area (Å²) in [5, 5.41) is 14.3. The predicted molar refractivity (Wildman–Crippen MR) is 83.6 cm³/mol. The Morgan fingerprint density at radius 2 is 1.88 bits per heavy atom. The molecule has 1 amide bonds. The SMILES string of the molecule is C=C1C=C(C(F)(F)F)N/C(=C(\C=N)C(=O)NCc2ccc(F)cc2)N1. The number of alkyl halides is 3. The predicted octanol–water partition coefficient (Wildman–Crippen LogP) is 2.46. The molecule has 2 rings (SSSR count). The van der Waals surface area contributed by atoms with Crippen molar-refractivity contribution in [3.63, 3.8) is 0 Å². The van der Waals surface area contributed by atoms with Crippen LogP contribution >= 0.6 is 0 Å². The number of hydrogen-bond donors (Lipinski definition) is 4. The van der Waals surface area contributed by atoms with E-state index in [1.54, 1.807) is 0 Å². The number of nitrogens with one attached hydrogen (secondary N) is 4. The normalized spacial score (nSPS) is 16.3. The summed E-state index contributed by atoms with van der Waals surface area (Å²) in [5.41, 5.74) is -0.921. The summed E-state index contributed by atoms with van der Waals surface area (Å²) >= 11 is 0. The van der Waals surface area contributed by atoms with E-state index >= 15 is 0 Å². The molecule has 25 heavy (non-hydrogen) atoms. The number of allylic oxidation sites excluding steroid dienone is 2. The zero-order valence-corrected chi connectivity index (χ0v) is 12.8. The van der Waals surface area contributed by atoms with E-state index in [2.05, 4.69) is 17.2 Å². The first-order valence-electron chi connectivity index (χ1n) is 7.00. The molecular weight excluding hydrogens is 340 g/mol. The highest BCUT2D eigenvalue weighted by atomic mass is 19.4. The van der Waals surface area contributed by atoms with Crippen molar-refractivity contribution in [2.75, 3.05) is 0 Å². The lowest BCUT2D eigenvalue weighted by atomic mass is 10.2. The Bertz CT molecular complexity index is 763. The first kappa shape index (κ1) is 18.2. The summed E-state index contributed by atoms with van der Waals surface area (Å²) in [4.78, 5) is 12.2. The third-order valence-electron chi connectivity index (χ3n) is 3.19. The van der Waals surface area contributed by atoms with Crippen molar-refractivity contribution in [1.29, 1.82) is 5.41 Å². The van der Waals surface area contributed by atoms with E-state index < -0.39 is 23.6 Å². The summed E-state index contributed by atoms with van der Waals surface area (Å²) in [5.74, 6) is -1.50. The van der Waals surface area contributed by atoms with Crippen LogP contribution in [0.15, 0.2) is 59.7 Å². The van der Waals surface area contributed by atoms with Crippen molar-refractivity contribution in [1.82, 2.24) is 16.0 Å². The van der Waals surface area contributed by atoms with Crippen molar-refractivity contribution in [2.24, 2.45) is 0 Å². The van der Waals surface area contributed by atoms with E-state index in [0.29, 0.717) is 11.8 Å². The summed E-state index contributed by atoms with van der Waals surface area (Å²) < 4.78 is 51.4. The highest BCUT2D eigenvalue weighted by molar-refractivity contribution is 6.12. The fraction of sp³-hybridized carbons (Fsp3) is 0.125. The van der Waals surface area contributed by atoms with Crippen LogP contribution in [-0.4, -0.2) is 18.3 Å². The molecule has 0 saturated heterocycles. The van der Waals surface area contributed by atoms with Crippen molar-refractivity contribution < 1.29 is 22.4 Å². The number of carbonyl (C=O) groups is 1. The molecule has 9 heteroatoms. The molecule has 0 aromatic heterocycles. The van der Waals surface area contributed by atoms with Gasteiger partial charge in [0.05, 0.1) is 5.57 Å². The smallest absolute Gasteiger partial charge is 0.348 e. The zero-order chi connectivity index (χ0) is 18.6. The molecule has 0 saturated carbocycles. The topological polar surface area (TPSA) is 77.0 Å². The molecule has 0 atom stereocenters. The summed E-state index contributed by atoms with van der Waals surface area (Å²) in [6.07, 6.45) is -3.28. The summed E-state index contributed by atoms with van der Waals surface area (Å²) in [6.45, 7) is 3.42. The standard InChI is InChI=1S/C16H14F4N4O/c1-9-6-13(16(18,19)20)24-14(23-9)12(7-21)15(25)22-8-10-2-4-11(17)5-3-10/h2-7,21,23-24H,1,8H2,(H,22,25)/b14-12+,21-7?. The Morgan fingerprint density at radius 3 is 2.44 bits per heavy atom. The van der Waals surface area contributed by atoms with Crippen LogP contribution in [0, 0.1) is 11.2 Å². The van der Waals surface area contributed by atoms with Gasteiger partial charge >= 0.3 is 6.18 Å². The lowest BCUT2D eigenvalue weighted by Crippen LogP contribution is -2.39. The largest absolute Gasteiger partial charge is 0.431 e. The van der Waals surface area contributed by atoms with Gasteiger partial charge in [-0.3, -0.25) is 4.79 Å². The molecule has 0 fully saturated rings. The van der Waals surface area contributed by atoms with Crippen LogP contribution in [0.1, 0.15) is 5.56 Å². The molecule has 4 N–H and O–H groups in total. The Kier molecular flexibility index (Phi) is 5.26. The maximum absolute atomic E-state index is 12.8. The van der Waals surface area contributed by atoms with Gasteiger partial charge in [-0.05, 0) is 23.8 Å². The molecular formula is C16H14F4N4O. The molecule has 0 unspecified atom stereocenters. The minimum atomic E-state index is -4.66. The maximum atomic E-state index is 12.8. The quantitative estimate of drug-likeness (QED) is 0.381. The number of rotatable bonds is 4. The van der Waals surface area contributed by atoms with Crippen LogP contribution in [0.4, 0.5) is 17.6 Å². The number of carbonyl (C=O) groups excluding carboxylic acids is 1. The van der Waals surface area contributed by atoms with Gasteiger partial charge in [-0.25, -0.2) is 4.39 Å². The van der Waals surface area contributed by atoms with Gasteiger partial charge in [0.2, 0.25) is 0 Å². The Hall–Kier alpha value is -3.10. The van der Waals surface area contributed by atoms with Gasteiger partial charge < -0.3 is 21.4 Å². The molecule has 1 aromatic carbocycles. The molecule has 1 aromatic rings. The molecule has 0 bridgehead atoms. The van der Waals surface area contributed by atoms with Crippen LogP contribution in [-0.2, 0) is 11.3 Å². The third-order valence-corrected chi connectivity index (χ3v) is 3.19. The first-order valence-corrected chi connectivity index (χ1v) is 7.00. The monoisotopic (exact) mass is 354 g/mol. The minimum absolute atomic E-state index is 0.0205. The Labute approximate surface area is 140 Å². The molecule has 132 valence electrons. The number of hydrogen-bond acceptors (Lipinski definition) is 4. The second kappa shape index (κ2) is 7.20. The lowest BCUT2D eigenvalue weighted by Gasteiger charge is -2.25. The van der Waals surface area contributed by atoms with Crippen LogP contribution in [0.25, 0.3) is 0 Å². The minimum Gasteiger partial charge on any atom is -0.348 e. The number of benzene rings is 1. The maximum Gasteiger partial charge on any atom is 0.431 e. The van der Waals surface area contributed by atoms with E-state index in [0.717, 1.165) is 6.08 Å². The molecule has 1 heterocycles. The molecule has 1 aliphatic heterocycles. The van der Waals surface area contributed by atoms with Gasteiger partial charge in [0.1, 0.15) is 17.3 Å². The Balaban J connectivity index is 2.16. The second-order valence-corrected chi connectivity index (χ2v) is 5.07. The van der Waals surface area contributed by atoms with Crippen molar-refractivity contribution in [2.45, 2.75) is 12.7 Å². The van der Waals surface area contributed by atoms with Crippen molar-refractivity contribution in [3.05, 3.63) is 71.1 Å². The fourth-order valence-electron chi connectivity index (χ4n) is 1.99. The molecule has 0 spiro atoms. The van der Waals surface area contributed by atoms with Crippen molar-refractivity contribution in [3.8, 4) is 0 Å². The zero-order valence-electron chi connectivity index (χ0n) is 12.8. The summed E-state index contributed by atoms with van der Waals surface area (Å²) in [6, 6.07) is 5.34. The average Bonchev–Trinajstić information content (AvgIpc) is 2.54. The molecule has 0 aliphatic carbocycles. The van der Waals surface area contributed by atoms with Gasteiger partial charge in [0.25, 0.3) is 5.91 Å². The summed E-state index contributed by atoms with van der Waals surface area (Å²) in [7, 11) is 0. The highest BCUT2D eigenvalue weighted by Gasteiger charge is 2.36. The van der Waals surface area contributed by atoms with Gasteiger partial charge in [-0.2, -0.15) is 13.2 Å².